The number of rotatable bonds is 5. The summed E-state index contributed by atoms with van der Waals surface area (Å²) < 4.78 is 5.26. The molecule has 8 nitrogen and oxygen atoms in total. The van der Waals surface area contributed by atoms with Crippen molar-refractivity contribution in [2.24, 2.45) is 0 Å². The third-order valence-electron chi connectivity index (χ3n) is 4.96. The fourth-order valence-electron chi connectivity index (χ4n) is 3.23. The second-order valence-electron chi connectivity index (χ2n) is 7.41. The first-order valence-corrected chi connectivity index (χ1v) is 10.4. The van der Waals surface area contributed by atoms with E-state index in [-0.39, 0.29) is 34.0 Å². The van der Waals surface area contributed by atoms with Crippen LogP contribution >= 0.6 is 23.2 Å². The lowest BCUT2D eigenvalue weighted by molar-refractivity contribution is -0.128. The van der Waals surface area contributed by atoms with Crippen molar-refractivity contribution in [2.45, 2.75) is 33.2 Å². The highest BCUT2D eigenvalue weighted by Crippen LogP contribution is 2.38. The number of allylic oxidation sites excluding steroid dienone is 1. The largest absolute Gasteiger partial charge is 0.379 e. The lowest BCUT2D eigenvalue weighted by atomic mass is 10.1. The smallest absolute Gasteiger partial charge is 0.261 e. The number of hydrazine groups is 1. The molecule has 0 aliphatic carbocycles. The molecule has 2 aliphatic heterocycles. The summed E-state index contributed by atoms with van der Waals surface area (Å²) in [5.41, 5.74) is 4.70. The zero-order chi connectivity index (χ0) is 22.0. The van der Waals surface area contributed by atoms with E-state index in [1.165, 1.54) is 12.1 Å². The summed E-state index contributed by atoms with van der Waals surface area (Å²) in [6, 6.07) is 2.35. The van der Waals surface area contributed by atoms with Gasteiger partial charge >= 0.3 is 0 Å². The molecule has 1 atom stereocenters. The zero-order valence-corrected chi connectivity index (χ0v) is 18.6. The number of ether oxygens (including phenoxy) is 1. The van der Waals surface area contributed by atoms with E-state index in [1.807, 2.05) is 0 Å². The first kappa shape index (κ1) is 22.6. The van der Waals surface area contributed by atoms with Crippen LogP contribution in [0.2, 0.25) is 10.0 Å². The number of anilines is 2. The Morgan fingerprint density at radius 3 is 2.40 bits per heavy atom. The Balaban J connectivity index is 1.80. The summed E-state index contributed by atoms with van der Waals surface area (Å²) in [5.74, 6) is -0.998. The molecular formula is C20H24Cl2N4O4. The van der Waals surface area contributed by atoms with Crippen molar-refractivity contribution in [3.63, 3.8) is 0 Å². The van der Waals surface area contributed by atoms with Crippen LogP contribution in [0.5, 0.6) is 0 Å². The standard InChI is InChI=1S/C20H24Cl2N4O4/c1-11(2)13-8-18(27)26(20(13)29)17-10-16(14(21)9-15(17)22)23-12(3)19(28)24-25-4-6-30-7-5-25/h9-10,12,23H,4-8H2,1-3H3,(H,24,28). The summed E-state index contributed by atoms with van der Waals surface area (Å²) in [6.07, 6.45) is 0.0290. The van der Waals surface area contributed by atoms with Gasteiger partial charge in [-0.3, -0.25) is 19.8 Å². The molecule has 2 N–H and O–H groups in total. The van der Waals surface area contributed by atoms with E-state index in [0.29, 0.717) is 37.6 Å². The number of hydrogen-bond acceptors (Lipinski definition) is 6. The van der Waals surface area contributed by atoms with Gasteiger partial charge < -0.3 is 10.1 Å². The minimum atomic E-state index is -0.627. The quantitative estimate of drug-likeness (QED) is 0.524. The number of imide groups is 1. The maximum atomic E-state index is 12.7. The highest BCUT2D eigenvalue weighted by Gasteiger charge is 2.37. The van der Waals surface area contributed by atoms with Crippen molar-refractivity contribution in [2.75, 3.05) is 36.5 Å². The Kier molecular flexibility index (Phi) is 7.02. The molecule has 162 valence electrons. The summed E-state index contributed by atoms with van der Waals surface area (Å²) in [6.45, 7) is 7.59. The number of nitrogens with one attached hydrogen (secondary N) is 2. The maximum Gasteiger partial charge on any atom is 0.261 e. The van der Waals surface area contributed by atoms with Crippen molar-refractivity contribution in [1.82, 2.24) is 10.4 Å². The molecule has 1 unspecified atom stereocenters. The van der Waals surface area contributed by atoms with Gasteiger partial charge in [-0.15, -0.1) is 0 Å². The van der Waals surface area contributed by atoms with Crippen LogP contribution < -0.4 is 15.6 Å². The van der Waals surface area contributed by atoms with Gasteiger partial charge in [0.15, 0.2) is 0 Å². The molecule has 3 amide bonds. The molecule has 0 aromatic heterocycles. The van der Waals surface area contributed by atoms with Gasteiger partial charge in [0, 0.05) is 18.7 Å². The Labute approximate surface area is 185 Å². The summed E-state index contributed by atoms with van der Waals surface area (Å²) >= 11 is 12.6. The van der Waals surface area contributed by atoms with Crippen LogP contribution in [-0.2, 0) is 19.1 Å². The van der Waals surface area contributed by atoms with Crippen LogP contribution in [0.25, 0.3) is 0 Å². The molecule has 0 spiro atoms. The molecule has 2 saturated heterocycles. The van der Waals surface area contributed by atoms with Crippen LogP contribution in [0, 0.1) is 0 Å². The van der Waals surface area contributed by atoms with Gasteiger partial charge in [-0.05, 0) is 32.9 Å². The van der Waals surface area contributed by atoms with E-state index < -0.39 is 11.9 Å². The van der Waals surface area contributed by atoms with Crippen molar-refractivity contribution in [3.8, 4) is 0 Å². The molecule has 1 aromatic carbocycles. The molecular weight excluding hydrogens is 431 g/mol. The Morgan fingerprint density at radius 2 is 1.80 bits per heavy atom. The predicted octanol–water partition coefficient (Wildman–Crippen LogP) is 2.76. The van der Waals surface area contributed by atoms with Crippen LogP contribution in [0.3, 0.4) is 0 Å². The third kappa shape index (κ3) is 4.78. The summed E-state index contributed by atoms with van der Waals surface area (Å²) in [5, 5.41) is 5.27. The highest BCUT2D eigenvalue weighted by atomic mass is 35.5. The number of carbonyl (C=O) groups is 3. The van der Waals surface area contributed by atoms with Gasteiger partial charge in [0.05, 0.1) is 41.1 Å². The Hall–Kier alpha value is -2.13. The van der Waals surface area contributed by atoms with E-state index in [1.54, 1.807) is 25.8 Å². The number of halogens is 2. The van der Waals surface area contributed by atoms with Gasteiger partial charge in [-0.25, -0.2) is 9.91 Å². The van der Waals surface area contributed by atoms with Crippen molar-refractivity contribution in [1.29, 1.82) is 0 Å². The van der Waals surface area contributed by atoms with Gasteiger partial charge in [-0.1, -0.05) is 28.8 Å². The van der Waals surface area contributed by atoms with Gasteiger partial charge in [0.1, 0.15) is 6.04 Å². The molecule has 3 rings (SSSR count). The molecule has 0 radical (unpaired) electrons. The summed E-state index contributed by atoms with van der Waals surface area (Å²) in [7, 11) is 0. The van der Waals surface area contributed by atoms with E-state index in [9.17, 15) is 14.4 Å². The maximum absolute atomic E-state index is 12.7. The van der Waals surface area contributed by atoms with E-state index in [0.717, 1.165) is 10.5 Å². The minimum Gasteiger partial charge on any atom is -0.379 e. The van der Waals surface area contributed by atoms with E-state index in [2.05, 4.69) is 10.7 Å². The van der Waals surface area contributed by atoms with Gasteiger partial charge in [-0.2, -0.15) is 0 Å². The van der Waals surface area contributed by atoms with Gasteiger partial charge in [0.25, 0.3) is 11.8 Å². The second-order valence-corrected chi connectivity index (χ2v) is 8.23. The first-order chi connectivity index (χ1) is 14.2. The second kappa shape index (κ2) is 9.34. The van der Waals surface area contributed by atoms with Crippen LogP contribution in [-0.4, -0.2) is 55.1 Å². The molecule has 0 bridgehead atoms. The lowest BCUT2D eigenvalue weighted by Gasteiger charge is -2.28. The fourth-order valence-corrected chi connectivity index (χ4v) is 3.76. The average Bonchev–Trinajstić information content (AvgIpc) is 2.99. The molecule has 1 aromatic rings. The normalized spacial score (nSPS) is 18.6. The first-order valence-electron chi connectivity index (χ1n) is 9.61. The number of morpholine rings is 1. The molecule has 0 saturated carbocycles. The molecule has 2 aliphatic rings. The summed E-state index contributed by atoms with van der Waals surface area (Å²) in [4.78, 5) is 38.8. The number of carbonyl (C=O) groups excluding carboxylic acids is 3. The number of nitrogens with zero attached hydrogens (tertiary/aromatic N) is 2. The van der Waals surface area contributed by atoms with Crippen LogP contribution in [0.1, 0.15) is 27.2 Å². The zero-order valence-electron chi connectivity index (χ0n) is 17.1. The monoisotopic (exact) mass is 454 g/mol. The topological polar surface area (TPSA) is 91.0 Å². The number of amides is 3. The Bertz CT molecular complexity index is 908. The van der Waals surface area contributed by atoms with Crippen LogP contribution in [0.4, 0.5) is 11.4 Å². The highest BCUT2D eigenvalue weighted by molar-refractivity contribution is 6.40. The van der Waals surface area contributed by atoms with Crippen molar-refractivity contribution in [3.05, 3.63) is 33.3 Å². The van der Waals surface area contributed by atoms with Crippen molar-refractivity contribution < 1.29 is 19.1 Å². The van der Waals surface area contributed by atoms with E-state index in [4.69, 9.17) is 27.9 Å². The third-order valence-corrected chi connectivity index (χ3v) is 5.58. The molecule has 10 heteroatoms. The van der Waals surface area contributed by atoms with Gasteiger partial charge in [0.2, 0.25) is 5.91 Å². The average molecular weight is 455 g/mol. The molecule has 2 heterocycles. The SMILES string of the molecule is CC(C)=C1CC(=O)N(c2cc(NC(C)C(=O)NN3CCOCC3)c(Cl)cc2Cl)C1=O. The van der Waals surface area contributed by atoms with Crippen molar-refractivity contribution >= 4 is 52.3 Å². The van der Waals surface area contributed by atoms with E-state index >= 15 is 0 Å². The Morgan fingerprint density at radius 1 is 1.13 bits per heavy atom. The predicted molar refractivity (Wildman–Crippen MR) is 116 cm³/mol. The molecule has 30 heavy (non-hydrogen) atoms. The lowest BCUT2D eigenvalue weighted by Crippen LogP contribution is -2.52. The molecule has 2 fully saturated rings. The number of hydrogen-bond donors (Lipinski definition) is 2. The minimum absolute atomic E-state index is 0.0290. The fraction of sp³-hybridized carbons (Fsp3) is 0.450. The van der Waals surface area contributed by atoms with Crippen LogP contribution in [0.15, 0.2) is 23.3 Å². The number of benzene rings is 1.